The van der Waals surface area contributed by atoms with E-state index in [-0.39, 0.29) is 23.3 Å². The summed E-state index contributed by atoms with van der Waals surface area (Å²) in [5.74, 6) is 0.159. The van der Waals surface area contributed by atoms with Crippen LogP contribution in [0.15, 0.2) is 24.3 Å². The topological polar surface area (TPSA) is 49.4 Å². The van der Waals surface area contributed by atoms with Crippen molar-refractivity contribution in [2.24, 2.45) is 5.41 Å². The fraction of sp³-hybridized carbons (Fsp3) is 0.529. The fourth-order valence-corrected chi connectivity index (χ4v) is 2.93. The lowest BCUT2D eigenvalue weighted by Gasteiger charge is -2.36. The summed E-state index contributed by atoms with van der Waals surface area (Å²) in [5, 5.41) is 3.07. The Hall–Kier alpha value is -1.11. The van der Waals surface area contributed by atoms with Crippen molar-refractivity contribution in [2.75, 3.05) is 13.1 Å². The molecule has 1 aliphatic heterocycles. The lowest BCUT2D eigenvalue weighted by molar-refractivity contribution is -0.140. The first-order valence-corrected chi connectivity index (χ1v) is 8.71. The van der Waals surface area contributed by atoms with Gasteiger partial charge >= 0.3 is 0 Å². The molecule has 5 heteroatoms. The van der Waals surface area contributed by atoms with Crippen molar-refractivity contribution in [1.82, 2.24) is 10.2 Å². The van der Waals surface area contributed by atoms with Gasteiger partial charge in [0.15, 0.2) is 0 Å². The molecule has 0 atom stereocenters. The van der Waals surface area contributed by atoms with Crippen LogP contribution in [-0.2, 0) is 4.79 Å². The summed E-state index contributed by atoms with van der Waals surface area (Å²) in [4.78, 5) is 26.4. The highest BCUT2D eigenvalue weighted by molar-refractivity contribution is 14.1. The zero-order valence-electron chi connectivity index (χ0n) is 13.4. The zero-order valence-corrected chi connectivity index (χ0v) is 15.5. The zero-order chi connectivity index (χ0) is 16.3. The number of benzene rings is 1. The molecule has 0 aliphatic carbocycles. The Morgan fingerprint density at radius 2 is 1.68 bits per heavy atom. The Labute approximate surface area is 145 Å². The van der Waals surface area contributed by atoms with Crippen LogP contribution in [0, 0.1) is 8.99 Å². The van der Waals surface area contributed by atoms with Crippen LogP contribution in [0.2, 0.25) is 0 Å². The van der Waals surface area contributed by atoms with E-state index >= 15 is 0 Å². The molecular weight excluding hydrogens is 391 g/mol. The molecule has 2 rings (SSSR count). The quantitative estimate of drug-likeness (QED) is 0.757. The first kappa shape index (κ1) is 17.2. The highest BCUT2D eigenvalue weighted by Gasteiger charge is 2.30. The summed E-state index contributed by atoms with van der Waals surface area (Å²) in [6, 6.07) is 7.70. The van der Waals surface area contributed by atoms with Crippen molar-refractivity contribution in [3.05, 3.63) is 33.4 Å². The van der Waals surface area contributed by atoms with Crippen LogP contribution >= 0.6 is 22.6 Å². The van der Waals surface area contributed by atoms with E-state index in [1.54, 1.807) is 0 Å². The molecule has 1 heterocycles. The maximum Gasteiger partial charge on any atom is 0.251 e. The van der Waals surface area contributed by atoms with Gasteiger partial charge < -0.3 is 10.2 Å². The molecule has 1 N–H and O–H groups in total. The van der Waals surface area contributed by atoms with E-state index in [1.165, 1.54) is 0 Å². The molecule has 0 radical (unpaired) electrons. The third-order valence-corrected chi connectivity index (χ3v) is 4.58. The average molecular weight is 414 g/mol. The molecule has 1 aromatic carbocycles. The maximum absolute atomic E-state index is 12.2. The van der Waals surface area contributed by atoms with Crippen LogP contribution in [0.5, 0.6) is 0 Å². The standard InChI is InChI=1S/C17H23IN2O2/c1-17(2,3)16(22)20-10-8-14(9-11-20)19-15(21)12-4-6-13(18)7-5-12/h4-7,14H,8-11H2,1-3H3,(H,19,21). The number of rotatable bonds is 2. The van der Waals surface area contributed by atoms with Crippen LogP contribution in [0.4, 0.5) is 0 Å². The smallest absolute Gasteiger partial charge is 0.251 e. The molecule has 1 fully saturated rings. The van der Waals surface area contributed by atoms with Gasteiger partial charge in [-0.25, -0.2) is 0 Å². The molecule has 0 aromatic heterocycles. The van der Waals surface area contributed by atoms with E-state index in [9.17, 15) is 9.59 Å². The van der Waals surface area contributed by atoms with Crippen molar-refractivity contribution in [3.8, 4) is 0 Å². The van der Waals surface area contributed by atoms with Crippen LogP contribution < -0.4 is 5.32 Å². The normalized spacial score (nSPS) is 16.5. The molecule has 2 amide bonds. The summed E-state index contributed by atoms with van der Waals surface area (Å²) >= 11 is 2.22. The van der Waals surface area contributed by atoms with Gasteiger partial charge in [-0.15, -0.1) is 0 Å². The average Bonchev–Trinajstić information content (AvgIpc) is 2.47. The molecule has 1 aromatic rings. The molecule has 1 saturated heterocycles. The van der Waals surface area contributed by atoms with Crippen LogP contribution in [0.1, 0.15) is 44.0 Å². The summed E-state index contributed by atoms with van der Waals surface area (Å²) < 4.78 is 1.11. The van der Waals surface area contributed by atoms with Crippen molar-refractivity contribution in [3.63, 3.8) is 0 Å². The second kappa shape index (κ2) is 6.98. The van der Waals surface area contributed by atoms with E-state index in [2.05, 4.69) is 27.9 Å². The van der Waals surface area contributed by atoms with Gasteiger partial charge in [-0.3, -0.25) is 9.59 Å². The van der Waals surface area contributed by atoms with Gasteiger partial charge in [0, 0.05) is 33.7 Å². The number of hydrogen-bond acceptors (Lipinski definition) is 2. The number of piperidine rings is 1. The van der Waals surface area contributed by atoms with Gasteiger partial charge in [0.2, 0.25) is 5.91 Å². The van der Waals surface area contributed by atoms with Crippen LogP contribution in [-0.4, -0.2) is 35.8 Å². The molecule has 0 spiro atoms. The monoisotopic (exact) mass is 414 g/mol. The molecule has 1 aliphatic rings. The first-order valence-electron chi connectivity index (χ1n) is 7.63. The summed E-state index contributed by atoms with van der Waals surface area (Å²) in [6.07, 6.45) is 1.63. The first-order chi connectivity index (χ1) is 10.3. The van der Waals surface area contributed by atoms with Crippen LogP contribution in [0.25, 0.3) is 0 Å². The van der Waals surface area contributed by atoms with Crippen molar-refractivity contribution >= 4 is 34.4 Å². The fourth-order valence-electron chi connectivity index (χ4n) is 2.57. The van der Waals surface area contributed by atoms with E-state index < -0.39 is 0 Å². The summed E-state index contributed by atoms with van der Waals surface area (Å²) in [6.45, 7) is 7.27. The molecule has 0 bridgehead atoms. The molecular formula is C17H23IN2O2. The second-order valence-corrected chi connectivity index (χ2v) is 8.04. The lowest BCUT2D eigenvalue weighted by Crippen LogP contribution is -2.49. The molecule has 120 valence electrons. The SMILES string of the molecule is CC(C)(C)C(=O)N1CCC(NC(=O)c2ccc(I)cc2)CC1. The van der Waals surface area contributed by atoms with Gasteiger partial charge in [-0.2, -0.15) is 0 Å². The predicted octanol–water partition coefficient (Wildman–Crippen LogP) is 3.06. The summed E-state index contributed by atoms with van der Waals surface area (Å²) in [7, 11) is 0. The lowest BCUT2D eigenvalue weighted by atomic mass is 9.93. The Kier molecular flexibility index (Phi) is 5.47. The van der Waals surface area contributed by atoms with Crippen molar-refractivity contribution < 1.29 is 9.59 Å². The number of hydrogen-bond donors (Lipinski definition) is 1. The summed E-state index contributed by atoms with van der Waals surface area (Å²) in [5.41, 5.74) is 0.352. The number of nitrogens with zero attached hydrogens (tertiary/aromatic N) is 1. The number of carbonyl (C=O) groups is 2. The van der Waals surface area contributed by atoms with Crippen LogP contribution in [0.3, 0.4) is 0 Å². The number of amides is 2. The van der Waals surface area contributed by atoms with Gasteiger partial charge in [0.05, 0.1) is 0 Å². The third-order valence-electron chi connectivity index (χ3n) is 3.87. The Balaban J connectivity index is 1.86. The molecule has 4 nitrogen and oxygen atoms in total. The number of carbonyl (C=O) groups excluding carboxylic acids is 2. The van der Waals surface area contributed by atoms with E-state index in [0.717, 1.165) is 16.4 Å². The minimum atomic E-state index is -0.336. The van der Waals surface area contributed by atoms with E-state index in [4.69, 9.17) is 0 Å². The Morgan fingerprint density at radius 1 is 1.14 bits per heavy atom. The predicted molar refractivity (Wildman–Crippen MR) is 95.7 cm³/mol. The molecule has 22 heavy (non-hydrogen) atoms. The molecule has 0 unspecified atom stereocenters. The largest absolute Gasteiger partial charge is 0.349 e. The number of halogens is 1. The number of likely N-dealkylation sites (tertiary alicyclic amines) is 1. The van der Waals surface area contributed by atoms with Gasteiger partial charge in [-0.05, 0) is 59.7 Å². The Bertz CT molecular complexity index is 541. The highest BCUT2D eigenvalue weighted by Crippen LogP contribution is 2.21. The van der Waals surface area contributed by atoms with Gasteiger partial charge in [0.25, 0.3) is 5.91 Å². The van der Waals surface area contributed by atoms with E-state index in [1.807, 2.05) is 49.9 Å². The Morgan fingerprint density at radius 3 is 2.18 bits per heavy atom. The van der Waals surface area contributed by atoms with Crippen molar-refractivity contribution in [2.45, 2.75) is 39.7 Å². The number of nitrogens with one attached hydrogen (secondary N) is 1. The van der Waals surface area contributed by atoms with Gasteiger partial charge in [-0.1, -0.05) is 20.8 Å². The van der Waals surface area contributed by atoms with E-state index in [0.29, 0.717) is 18.7 Å². The van der Waals surface area contributed by atoms with Gasteiger partial charge in [0.1, 0.15) is 0 Å². The highest BCUT2D eigenvalue weighted by atomic mass is 127. The molecule has 0 saturated carbocycles. The third kappa shape index (κ3) is 4.44. The minimum Gasteiger partial charge on any atom is -0.349 e. The van der Waals surface area contributed by atoms with Crippen molar-refractivity contribution in [1.29, 1.82) is 0 Å². The minimum absolute atomic E-state index is 0.0306. The second-order valence-electron chi connectivity index (χ2n) is 6.80. The maximum atomic E-state index is 12.2.